The van der Waals surface area contributed by atoms with Gasteiger partial charge in [-0.25, -0.2) is 9.78 Å². The number of nitrogens with one attached hydrogen (secondary N) is 1. The lowest BCUT2D eigenvalue weighted by atomic mass is 10.1. The lowest BCUT2D eigenvalue weighted by molar-refractivity contribution is 0.0773. The Morgan fingerprint density at radius 3 is 2.66 bits per heavy atom. The molecule has 0 spiro atoms. The van der Waals surface area contributed by atoms with Crippen molar-refractivity contribution in [3.05, 3.63) is 30.0 Å². The minimum absolute atomic E-state index is 0.140. The first-order valence-corrected chi connectivity index (χ1v) is 10.1. The fourth-order valence-electron chi connectivity index (χ4n) is 3.16. The van der Waals surface area contributed by atoms with Gasteiger partial charge in [-0.1, -0.05) is 0 Å². The van der Waals surface area contributed by atoms with Crippen LogP contribution in [0.3, 0.4) is 0 Å². The molecule has 0 bridgehead atoms. The third-order valence-electron chi connectivity index (χ3n) is 4.69. The number of nitrogens with two attached hydrogens (primary N) is 2. The molecular weight excluding hydrogens is 394 g/mol. The van der Waals surface area contributed by atoms with Crippen LogP contribution in [0.5, 0.6) is 5.88 Å². The number of hydrogen-bond donors (Lipinski definition) is 3. The average Bonchev–Trinajstić information content (AvgIpc) is 3.11. The zero-order valence-corrected chi connectivity index (χ0v) is 17.0. The van der Waals surface area contributed by atoms with Gasteiger partial charge < -0.3 is 25.8 Å². The average molecular weight is 420 g/mol. The van der Waals surface area contributed by atoms with Crippen LogP contribution in [-0.2, 0) is 4.74 Å². The van der Waals surface area contributed by atoms with E-state index in [9.17, 15) is 9.59 Å². The second-order valence-electron chi connectivity index (χ2n) is 6.74. The number of piperidine rings is 1. The molecule has 0 radical (unpaired) electrons. The second kappa shape index (κ2) is 9.68. The van der Waals surface area contributed by atoms with Gasteiger partial charge in [0.2, 0.25) is 5.88 Å². The summed E-state index contributed by atoms with van der Waals surface area (Å²) < 4.78 is 11.1. The Hall–Kier alpha value is -2.69. The molecule has 0 aromatic carbocycles. The number of ether oxygens (including phenoxy) is 2. The predicted octanol–water partition coefficient (Wildman–Crippen LogP) is 1.89. The van der Waals surface area contributed by atoms with E-state index in [1.54, 1.807) is 25.4 Å². The molecule has 29 heavy (non-hydrogen) atoms. The number of likely N-dealkylation sites (tertiary alicyclic amines) is 1. The number of carbonyl (C=O) groups excluding carboxylic acids is 2. The smallest absolute Gasteiger partial charge is 0.317 e. The zero-order valence-electron chi connectivity index (χ0n) is 16.2. The maximum absolute atomic E-state index is 11.6. The molecule has 2 aromatic rings. The number of pyridine rings is 1. The number of aromatic nitrogens is 1. The van der Waals surface area contributed by atoms with Crippen molar-refractivity contribution in [2.24, 2.45) is 11.5 Å². The molecule has 156 valence electrons. The maximum Gasteiger partial charge on any atom is 0.317 e. The number of rotatable bonds is 8. The van der Waals surface area contributed by atoms with Crippen LogP contribution in [0.1, 0.15) is 23.2 Å². The van der Waals surface area contributed by atoms with Gasteiger partial charge in [-0.3, -0.25) is 10.1 Å². The van der Waals surface area contributed by atoms with Gasteiger partial charge in [0.05, 0.1) is 12.2 Å². The summed E-state index contributed by atoms with van der Waals surface area (Å²) in [4.78, 5) is 30.2. The Bertz CT molecular complexity index is 847. The fourth-order valence-corrected chi connectivity index (χ4v) is 4.22. The van der Waals surface area contributed by atoms with Crippen molar-refractivity contribution in [2.75, 3.05) is 38.7 Å². The predicted molar refractivity (Wildman–Crippen MR) is 111 cm³/mol. The summed E-state index contributed by atoms with van der Waals surface area (Å²) in [6.45, 7) is 3.64. The first-order chi connectivity index (χ1) is 14.0. The van der Waals surface area contributed by atoms with E-state index in [4.69, 9.17) is 20.9 Å². The van der Waals surface area contributed by atoms with E-state index < -0.39 is 11.9 Å². The second-order valence-corrected chi connectivity index (χ2v) is 7.80. The molecule has 0 saturated carbocycles. The van der Waals surface area contributed by atoms with Crippen molar-refractivity contribution in [2.45, 2.75) is 18.9 Å². The molecule has 0 atom stereocenters. The summed E-state index contributed by atoms with van der Waals surface area (Å²) in [5.41, 5.74) is 11.5. The van der Waals surface area contributed by atoms with E-state index in [1.165, 1.54) is 11.3 Å². The number of urea groups is 1. The van der Waals surface area contributed by atoms with Crippen LogP contribution in [0.4, 0.5) is 9.80 Å². The van der Waals surface area contributed by atoms with Crippen molar-refractivity contribution in [1.82, 2.24) is 9.88 Å². The molecule has 1 fully saturated rings. The van der Waals surface area contributed by atoms with E-state index in [0.717, 1.165) is 49.5 Å². The highest BCUT2D eigenvalue weighted by Crippen LogP contribution is 2.35. The van der Waals surface area contributed by atoms with Crippen molar-refractivity contribution < 1.29 is 19.1 Å². The van der Waals surface area contributed by atoms with Crippen molar-refractivity contribution in [1.29, 1.82) is 0 Å². The normalized spacial score (nSPS) is 15.2. The third kappa shape index (κ3) is 5.66. The van der Waals surface area contributed by atoms with Gasteiger partial charge in [0.1, 0.15) is 11.1 Å². The van der Waals surface area contributed by atoms with Gasteiger partial charge >= 0.3 is 6.03 Å². The van der Waals surface area contributed by atoms with Crippen LogP contribution in [0.15, 0.2) is 24.4 Å². The quantitative estimate of drug-likeness (QED) is 0.598. The van der Waals surface area contributed by atoms with E-state index in [2.05, 4.69) is 15.2 Å². The highest BCUT2D eigenvalue weighted by atomic mass is 32.1. The Kier molecular flexibility index (Phi) is 7.02. The third-order valence-corrected chi connectivity index (χ3v) is 5.79. The van der Waals surface area contributed by atoms with Crippen molar-refractivity contribution >= 4 is 28.3 Å². The Balaban J connectivity index is 1.62. The monoisotopic (exact) mass is 419 g/mol. The van der Waals surface area contributed by atoms with Crippen molar-refractivity contribution in [3.8, 4) is 16.3 Å². The lowest BCUT2D eigenvalue weighted by Crippen LogP contribution is -2.39. The summed E-state index contributed by atoms with van der Waals surface area (Å²) in [6.07, 6.45) is 3.71. The summed E-state index contributed by atoms with van der Waals surface area (Å²) in [5.74, 6) is -0.0766. The molecule has 3 amide bonds. The van der Waals surface area contributed by atoms with Crippen LogP contribution in [0.2, 0.25) is 0 Å². The molecule has 10 heteroatoms. The summed E-state index contributed by atoms with van der Waals surface area (Å²) >= 11 is 1.21. The van der Waals surface area contributed by atoms with E-state index in [0.29, 0.717) is 10.9 Å². The first kappa shape index (κ1) is 21.0. The molecule has 1 aliphatic heterocycles. The van der Waals surface area contributed by atoms with Gasteiger partial charge in [-0.15, -0.1) is 11.3 Å². The van der Waals surface area contributed by atoms with Gasteiger partial charge in [-0.2, -0.15) is 0 Å². The molecule has 5 N–H and O–H groups in total. The molecule has 1 saturated heterocycles. The van der Waals surface area contributed by atoms with Gasteiger partial charge in [0.25, 0.3) is 5.91 Å². The fraction of sp³-hybridized carbons (Fsp3) is 0.421. The van der Waals surface area contributed by atoms with Crippen LogP contribution in [0.25, 0.3) is 10.4 Å². The molecule has 3 rings (SSSR count). The molecule has 0 unspecified atom stereocenters. The van der Waals surface area contributed by atoms with Crippen LogP contribution < -0.4 is 21.5 Å². The van der Waals surface area contributed by atoms with Gasteiger partial charge in [0, 0.05) is 49.4 Å². The molecule has 1 aliphatic rings. The summed E-state index contributed by atoms with van der Waals surface area (Å²) in [6, 6.07) is 4.53. The molecular formula is C19H25N5O4S. The Morgan fingerprint density at radius 1 is 1.31 bits per heavy atom. The Labute approximate surface area is 173 Å². The maximum atomic E-state index is 11.6. The Morgan fingerprint density at radius 2 is 2.07 bits per heavy atom. The lowest BCUT2D eigenvalue weighted by Gasteiger charge is -2.31. The van der Waals surface area contributed by atoms with Gasteiger partial charge in [-0.05, 0) is 25.0 Å². The number of methoxy groups -OCH3 is 1. The number of hydrogen-bond acceptors (Lipinski definition) is 7. The number of thiophene rings is 1. The van der Waals surface area contributed by atoms with Gasteiger partial charge in [0.15, 0.2) is 0 Å². The van der Waals surface area contributed by atoms with E-state index >= 15 is 0 Å². The number of primary amides is 2. The minimum Gasteiger partial charge on any atom is -0.474 e. The van der Waals surface area contributed by atoms with Crippen LogP contribution in [0, 0.1) is 0 Å². The number of nitrogens with zero attached hydrogens (tertiary/aromatic N) is 2. The highest BCUT2D eigenvalue weighted by molar-refractivity contribution is 7.20. The molecule has 9 nitrogen and oxygen atoms in total. The van der Waals surface area contributed by atoms with Crippen LogP contribution >= 0.6 is 11.3 Å². The van der Waals surface area contributed by atoms with Crippen molar-refractivity contribution in [3.63, 3.8) is 0 Å². The number of anilines is 1. The largest absolute Gasteiger partial charge is 0.474 e. The standard InChI is InChI=1S/C19H25N5O4S/c1-27-9-8-24-6-4-13(5-7-24)28-16-3-2-12(11-22-16)15-10-14(17(20)25)18(29-15)23-19(21)26/h2-3,10-11,13H,4-9H2,1H3,(H2,20,25)(H3,21,23,26). The number of amides is 3. The summed E-state index contributed by atoms with van der Waals surface area (Å²) in [5, 5.41) is 2.75. The minimum atomic E-state index is -0.754. The topological polar surface area (TPSA) is 133 Å². The molecule has 0 aliphatic carbocycles. The summed E-state index contributed by atoms with van der Waals surface area (Å²) in [7, 11) is 1.71. The molecule has 2 aromatic heterocycles. The zero-order chi connectivity index (χ0) is 20.8. The van der Waals surface area contributed by atoms with Crippen LogP contribution in [-0.4, -0.2) is 61.3 Å². The van der Waals surface area contributed by atoms with E-state index in [1.807, 2.05) is 6.07 Å². The number of carbonyl (C=O) groups is 2. The van der Waals surface area contributed by atoms with E-state index in [-0.39, 0.29) is 11.7 Å². The highest BCUT2D eigenvalue weighted by Gasteiger charge is 2.21. The first-order valence-electron chi connectivity index (χ1n) is 9.30. The molecule has 3 heterocycles. The SMILES string of the molecule is COCCN1CCC(Oc2ccc(-c3cc(C(N)=O)c(NC(N)=O)s3)cn2)CC1.